The maximum absolute atomic E-state index is 13.1. The van der Waals surface area contributed by atoms with E-state index in [1.807, 2.05) is 24.6 Å². The normalized spacial score (nSPS) is 11.1. The van der Waals surface area contributed by atoms with Gasteiger partial charge in [0.05, 0.1) is 0 Å². The summed E-state index contributed by atoms with van der Waals surface area (Å²) < 4.78 is 28.0. The molecule has 0 N–H and O–H groups in total. The standard InChI is InChI=1S/C13H14F2N2/c1-9(2)13-16-3-4-17(13)8-10-5-11(14)7-12(15)6-10/h3-7,9H,8H2,1-2H3. The molecule has 0 unspecified atom stereocenters. The fourth-order valence-corrected chi connectivity index (χ4v) is 1.85. The molecule has 17 heavy (non-hydrogen) atoms. The average Bonchev–Trinajstić information content (AvgIpc) is 2.63. The van der Waals surface area contributed by atoms with Gasteiger partial charge in [0, 0.05) is 30.9 Å². The van der Waals surface area contributed by atoms with Crippen molar-refractivity contribution in [2.24, 2.45) is 0 Å². The van der Waals surface area contributed by atoms with E-state index in [-0.39, 0.29) is 5.92 Å². The van der Waals surface area contributed by atoms with Crippen molar-refractivity contribution < 1.29 is 8.78 Å². The predicted molar refractivity (Wildman–Crippen MR) is 61.8 cm³/mol. The van der Waals surface area contributed by atoms with Crippen LogP contribution in [0.2, 0.25) is 0 Å². The first-order valence-electron chi connectivity index (χ1n) is 5.52. The van der Waals surface area contributed by atoms with Crippen LogP contribution in [-0.4, -0.2) is 9.55 Å². The van der Waals surface area contributed by atoms with E-state index >= 15 is 0 Å². The van der Waals surface area contributed by atoms with Crippen LogP contribution in [0, 0.1) is 11.6 Å². The number of halogens is 2. The first kappa shape index (κ1) is 11.8. The molecule has 0 aliphatic carbocycles. The summed E-state index contributed by atoms with van der Waals surface area (Å²) in [6.45, 7) is 4.50. The van der Waals surface area contributed by atoms with Gasteiger partial charge in [0.2, 0.25) is 0 Å². The summed E-state index contributed by atoms with van der Waals surface area (Å²) in [6.07, 6.45) is 3.52. The third-order valence-electron chi connectivity index (χ3n) is 2.54. The maximum atomic E-state index is 13.1. The van der Waals surface area contributed by atoms with E-state index in [2.05, 4.69) is 4.98 Å². The Hall–Kier alpha value is -1.71. The highest BCUT2D eigenvalue weighted by Crippen LogP contribution is 2.15. The second-order valence-corrected chi connectivity index (χ2v) is 4.35. The van der Waals surface area contributed by atoms with Gasteiger partial charge in [-0.25, -0.2) is 13.8 Å². The fraction of sp³-hybridized carbons (Fsp3) is 0.308. The van der Waals surface area contributed by atoms with E-state index in [0.29, 0.717) is 12.1 Å². The molecule has 1 aromatic carbocycles. The van der Waals surface area contributed by atoms with Crippen LogP contribution >= 0.6 is 0 Å². The van der Waals surface area contributed by atoms with Crippen LogP contribution in [0.25, 0.3) is 0 Å². The van der Waals surface area contributed by atoms with Crippen LogP contribution < -0.4 is 0 Å². The Bertz CT molecular complexity index is 498. The zero-order valence-corrected chi connectivity index (χ0v) is 9.82. The van der Waals surface area contributed by atoms with Crippen molar-refractivity contribution in [2.45, 2.75) is 26.3 Å². The molecular weight excluding hydrogens is 222 g/mol. The van der Waals surface area contributed by atoms with Crippen molar-refractivity contribution in [1.82, 2.24) is 9.55 Å². The van der Waals surface area contributed by atoms with Crippen molar-refractivity contribution in [3.63, 3.8) is 0 Å². The van der Waals surface area contributed by atoms with Crippen LogP contribution in [0.1, 0.15) is 31.2 Å². The summed E-state index contributed by atoms with van der Waals surface area (Å²) >= 11 is 0. The number of nitrogens with zero attached hydrogens (tertiary/aromatic N) is 2. The zero-order chi connectivity index (χ0) is 12.4. The van der Waals surface area contributed by atoms with Crippen molar-refractivity contribution in [3.05, 3.63) is 53.6 Å². The first-order chi connectivity index (χ1) is 8.06. The number of benzene rings is 1. The molecular formula is C13H14F2N2. The Morgan fingerprint density at radius 1 is 1.18 bits per heavy atom. The van der Waals surface area contributed by atoms with Crippen LogP contribution in [0.3, 0.4) is 0 Å². The van der Waals surface area contributed by atoms with Gasteiger partial charge in [-0.2, -0.15) is 0 Å². The molecule has 0 saturated heterocycles. The fourth-order valence-electron chi connectivity index (χ4n) is 1.85. The van der Waals surface area contributed by atoms with Crippen molar-refractivity contribution in [2.75, 3.05) is 0 Å². The molecule has 1 heterocycles. The van der Waals surface area contributed by atoms with Crippen LogP contribution in [0.4, 0.5) is 8.78 Å². The van der Waals surface area contributed by atoms with Gasteiger partial charge in [-0.1, -0.05) is 13.8 Å². The van der Waals surface area contributed by atoms with Gasteiger partial charge in [0.15, 0.2) is 0 Å². The molecule has 0 fully saturated rings. The summed E-state index contributed by atoms with van der Waals surface area (Å²) in [6, 6.07) is 3.56. The van der Waals surface area contributed by atoms with E-state index < -0.39 is 11.6 Å². The third-order valence-corrected chi connectivity index (χ3v) is 2.54. The van der Waals surface area contributed by atoms with Crippen LogP contribution in [0.15, 0.2) is 30.6 Å². The first-order valence-corrected chi connectivity index (χ1v) is 5.52. The summed E-state index contributed by atoms with van der Waals surface area (Å²) in [5, 5.41) is 0. The average molecular weight is 236 g/mol. The smallest absolute Gasteiger partial charge is 0.126 e. The second kappa shape index (κ2) is 4.65. The van der Waals surface area contributed by atoms with E-state index in [1.54, 1.807) is 6.20 Å². The lowest BCUT2D eigenvalue weighted by Gasteiger charge is -2.10. The van der Waals surface area contributed by atoms with E-state index in [1.165, 1.54) is 12.1 Å². The van der Waals surface area contributed by atoms with Gasteiger partial charge in [0.1, 0.15) is 17.5 Å². The minimum Gasteiger partial charge on any atom is -0.330 e. The van der Waals surface area contributed by atoms with Crippen LogP contribution in [-0.2, 0) is 6.54 Å². The Morgan fingerprint density at radius 3 is 2.41 bits per heavy atom. The monoisotopic (exact) mass is 236 g/mol. The summed E-state index contributed by atoms with van der Waals surface area (Å²) in [5.41, 5.74) is 0.599. The highest BCUT2D eigenvalue weighted by Gasteiger charge is 2.08. The molecule has 2 aromatic rings. The molecule has 0 radical (unpaired) electrons. The molecule has 0 atom stereocenters. The minimum absolute atomic E-state index is 0.281. The quantitative estimate of drug-likeness (QED) is 0.799. The van der Waals surface area contributed by atoms with E-state index in [9.17, 15) is 8.78 Å². The van der Waals surface area contributed by atoms with Crippen molar-refractivity contribution in [1.29, 1.82) is 0 Å². The Labute approximate surface area is 98.9 Å². The van der Waals surface area contributed by atoms with Gasteiger partial charge in [-0.15, -0.1) is 0 Å². The largest absolute Gasteiger partial charge is 0.330 e. The lowest BCUT2D eigenvalue weighted by atomic mass is 10.2. The molecule has 0 aliphatic heterocycles. The highest BCUT2D eigenvalue weighted by molar-refractivity contribution is 5.19. The maximum Gasteiger partial charge on any atom is 0.126 e. The van der Waals surface area contributed by atoms with Gasteiger partial charge in [-0.05, 0) is 17.7 Å². The Balaban J connectivity index is 2.28. The Kier molecular flexibility index (Phi) is 3.22. The van der Waals surface area contributed by atoms with Gasteiger partial charge >= 0.3 is 0 Å². The second-order valence-electron chi connectivity index (χ2n) is 4.35. The molecule has 0 aliphatic rings. The summed E-state index contributed by atoms with van der Waals surface area (Å²) in [7, 11) is 0. The lowest BCUT2D eigenvalue weighted by molar-refractivity contribution is 0.575. The topological polar surface area (TPSA) is 17.8 Å². The minimum atomic E-state index is -0.550. The van der Waals surface area contributed by atoms with Crippen molar-refractivity contribution >= 4 is 0 Å². The number of hydrogen-bond acceptors (Lipinski definition) is 1. The SMILES string of the molecule is CC(C)c1nccn1Cc1cc(F)cc(F)c1. The molecule has 90 valence electrons. The molecule has 4 heteroatoms. The number of rotatable bonds is 3. The number of aromatic nitrogens is 2. The van der Waals surface area contributed by atoms with E-state index in [0.717, 1.165) is 11.9 Å². The molecule has 0 bridgehead atoms. The van der Waals surface area contributed by atoms with Crippen LogP contribution in [0.5, 0.6) is 0 Å². The number of hydrogen-bond donors (Lipinski definition) is 0. The van der Waals surface area contributed by atoms with Crippen molar-refractivity contribution in [3.8, 4) is 0 Å². The summed E-state index contributed by atoms with van der Waals surface area (Å²) in [4.78, 5) is 4.23. The van der Waals surface area contributed by atoms with E-state index in [4.69, 9.17) is 0 Å². The molecule has 1 aromatic heterocycles. The van der Waals surface area contributed by atoms with Gasteiger partial charge in [0.25, 0.3) is 0 Å². The highest BCUT2D eigenvalue weighted by atomic mass is 19.1. The lowest BCUT2D eigenvalue weighted by Crippen LogP contribution is -2.06. The zero-order valence-electron chi connectivity index (χ0n) is 9.82. The molecule has 2 nitrogen and oxygen atoms in total. The number of imidazole rings is 1. The molecule has 0 amide bonds. The van der Waals surface area contributed by atoms with Gasteiger partial charge in [-0.3, -0.25) is 0 Å². The Morgan fingerprint density at radius 2 is 1.82 bits per heavy atom. The van der Waals surface area contributed by atoms with Gasteiger partial charge < -0.3 is 4.57 Å². The summed E-state index contributed by atoms with van der Waals surface area (Å²) in [5.74, 6) is 0.0931. The molecule has 0 saturated carbocycles. The predicted octanol–water partition coefficient (Wildman–Crippen LogP) is 3.33. The molecule has 0 spiro atoms. The molecule has 2 rings (SSSR count). The third kappa shape index (κ3) is 2.70.